The molecule has 2 fully saturated rings. The highest BCUT2D eigenvalue weighted by Gasteiger charge is 2.30. The molecule has 1 aromatic carbocycles. The number of anilines is 2. The number of benzene rings is 1. The Balaban J connectivity index is 1.25. The first-order valence-corrected chi connectivity index (χ1v) is 9.46. The highest BCUT2D eigenvalue weighted by Crippen LogP contribution is 2.38. The Labute approximate surface area is 161 Å². The highest BCUT2D eigenvalue weighted by molar-refractivity contribution is 5.89. The van der Waals surface area contributed by atoms with Gasteiger partial charge in [-0.3, -0.25) is 0 Å². The third kappa shape index (κ3) is 3.23. The minimum Gasteiger partial charge on any atom is -0.352 e. The minimum atomic E-state index is -0.372. The monoisotopic (exact) mass is 381 g/mol. The van der Waals surface area contributed by atoms with Gasteiger partial charge in [-0.2, -0.15) is 4.52 Å². The SMILES string of the molecule is O=C(Nc1cccc(F)c1)N1CCN(c2ccc3nnc(C4CC4)n3n2)CC1. The number of aromatic nitrogens is 4. The summed E-state index contributed by atoms with van der Waals surface area (Å²) in [7, 11) is 0. The number of carbonyl (C=O) groups is 1. The summed E-state index contributed by atoms with van der Waals surface area (Å²) in [5.41, 5.74) is 1.22. The van der Waals surface area contributed by atoms with Gasteiger partial charge >= 0.3 is 6.03 Å². The second-order valence-corrected chi connectivity index (χ2v) is 7.21. The first-order valence-electron chi connectivity index (χ1n) is 9.46. The Bertz CT molecular complexity index is 1020. The second-order valence-electron chi connectivity index (χ2n) is 7.21. The molecule has 144 valence electrons. The van der Waals surface area contributed by atoms with Crippen LogP contribution in [0.3, 0.4) is 0 Å². The fourth-order valence-electron chi connectivity index (χ4n) is 3.47. The van der Waals surface area contributed by atoms with Gasteiger partial charge in [-0.15, -0.1) is 15.3 Å². The lowest BCUT2D eigenvalue weighted by molar-refractivity contribution is 0.208. The average molecular weight is 381 g/mol. The molecular formula is C19H20FN7O. The number of amides is 2. The van der Waals surface area contributed by atoms with Crippen LogP contribution in [0.2, 0.25) is 0 Å². The van der Waals surface area contributed by atoms with Crippen molar-refractivity contribution in [3.05, 3.63) is 48.0 Å². The Morgan fingerprint density at radius 3 is 2.64 bits per heavy atom. The Hall–Kier alpha value is -3.23. The number of hydrogen-bond donors (Lipinski definition) is 1. The lowest BCUT2D eigenvalue weighted by atomic mass is 10.3. The van der Waals surface area contributed by atoms with E-state index in [1.54, 1.807) is 17.0 Å². The van der Waals surface area contributed by atoms with E-state index in [0.717, 1.165) is 30.1 Å². The molecule has 5 rings (SSSR count). The van der Waals surface area contributed by atoms with E-state index < -0.39 is 0 Å². The maximum atomic E-state index is 13.3. The normalized spacial score (nSPS) is 17.2. The zero-order valence-electron chi connectivity index (χ0n) is 15.3. The predicted octanol–water partition coefficient (Wildman–Crippen LogP) is 2.49. The zero-order chi connectivity index (χ0) is 19.1. The van der Waals surface area contributed by atoms with Gasteiger partial charge in [0.15, 0.2) is 11.5 Å². The molecule has 8 nitrogen and oxygen atoms in total. The maximum absolute atomic E-state index is 13.3. The van der Waals surface area contributed by atoms with Crippen molar-refractivity contribution in [2.45, 2.75) is 18.8 Å². The lowest BCUT2D eigenvalue weighted by Gasteiger charge is -2.35. The Morgan fingerprint density at radius 2 is 1.89 bits per heavy atom. The molecular weight excluding hydrogens is 361 g/mol. The molecule has 1 N–H and O–H groups in total. The van der Waals surface area contributed by atoms with Crippen molar-refractivity contribution in [1.82, 2.24) is 24.7 Å². The largest absolute Gasteiger partial charge is 0.352 e. The summed E-state index contributed by atoms with van der Waals surface area (Å²) >= 11 is 0. The molecule has 28 heavy (non-hydrogen) atoms. The van der Waals surface area contributed by atoms with Gasteiger partial charge in [-0.1, -0.05) is 6.07 Å². The fourth-order valence-corrected chi connectivity index (χ4v) is 3.47. The molecule has 3 aromatic rings. The Morgan fingerprint density at radius 1 is 1.07 bits per heavy atom. The summed E-state index contributed by atoms with van der Waals surface area (Å²) in [5.74, 6) is 1.90. The van der Waals surface area contributed by atoms with Gasteiger partial charge in [0.05, 0.1) is 0 Å². The van der Waals surface area contributed by atoms with E-state index >= 15 is 0 Å². The smallest absolute Gasteiger partial charge is 0.321 e. The summed E-state index contributed by atoms with van der Waals surface area (Å²) < 4.78 is 15.1. The van der Waals surface area contributed by atoms with Gasteiger partial charge in [-0.25, -0.2) is 9.18 Å². The molecule has 0 atom stereocenters. The molecule has 1 aliphatic heterocycles. The molecule has 3 heterocycles. The minimum absolute atomic E-state index is 0.219. The second kappa shape index (κ2) is 6.74. The number of urea groups is 1. The number of nitrogens with zero attached hydrogens (tertiary/aromatic N) is 6. The average Bonchev–Trinajstić information content (AvgIpc) is 3.47. The van der Waals surface area contributed by atoms with E-state index in [2.05, 4.69) is 20.4 Å². The van der Waals surface area contributed by atoms with Gasteiger partial charge in [0.2, 0.25) is 0 Å². The molecule has 9 heteroatoms. The molecule has 0 bridgehead atoms. The number of nitrogens with one attached hydrogen (secondary N) is 1. The van der Waals surface area contributed by atoms with E-state index in [-0.39, 0.29) is 11.8 Å². The summed E-state index contributed by atoms with van der Waals surface area (Å²) in [6.45, 7) is 2.49. The quantitative estimate of drug-likeness (QED) is 0.754. The van der Waals surface area contributed by atoms with Crippen LogP contribution in [0.25, 0.3) is 5.65 Å². The van der Waals surface area contributed by atoms with Crippen molar-refractivity contribution < 1.29 is 9.18 Å². The van der Waals surface area contributed by atoms with Gasteiger partial charge < -0.3 is 15.1 Å². The zero-order valence-corrected chi connectivity index (χ0v) is 15.3. The number of rotatable bonds is 3. The van der Waals surface area contributed by atoms with E-state index in [0.29, 0.717) is 37.8 Å². The summed E-state index contributed by atoms with van der Waals surface area (Å²) in [6.07, 6.45) is 2.29. The molecule has 2 amide bonds. The topological polar surface area (TPSA) is 78.7 Å². The molecule has 0 spiro atoms. The number of carbonyl (C=O) groups excluding carboxylic acids is 1. The molecule has 1 aliphatic carbocycles. The summed E-state index contributed by atoms with van der Waals surface area (Å²) in [4.78, 5) is 16.3. The van der Waals surface area contributed by atoms with E-state index in [1.165, 1.54) is 12.1 Å². The van der Waals surface area contributed by atoms with Crippen LogP contribution >= 0.6 is 0 Å². The van der Waals surface area contributed by atoms with Crippen LogP contribution in [-0.4, -0.2) is 56.9 Å². The molecule has 2 aliphatic rings. The molecule has 0 radical (unpaired) electrons. The summed E-state index contributed by atoms with van der Waals surface area (Å²) in [5, 5.41) is 15.9. The van der Waals surface area contributed by atoms with Gasteiger partial charge in [0.1, 0.15) is 11.6 Å². The predicted molar refractivity (Wildman–Crippen MR) is 102 cm³/mol. The van der Waals surface area contributed by atoms with Crippen LogP contribution in [0.1, 0.15) is 24.6 Å². The number of halogens is 1. The highest BCUT2D eigenvalue weighted by atomic mass is 19.1. The number of hydrogen-bond acceptors (Lipinski definition) is 5. The third-order valence-electron chi connectivity index (χ3n) is 5.18. The van der Waals surface area contributed by atoms with E-state index in [4.69, 9.17) is 5.10 Å². The molecule has 1 saturated heterocycles. The van der Waals surface area contributed by atoms with Crippen LogP contribution in [0, 0.1) is 5.82 Å². The Kier molecular flexibility index (Phi) is 4.07. The first kappa shape index (κ1) is 16.9. The van der Waals surface area contributed by atoms with Crippen LogP contribution in [0.5, 0.6) is 0 Å². The first-order chi connectivity index (χ1) is 13.7. The van der Waals surface area contributed by atoms with Crippen molar-refractivity contribution in [3.8, 4) is 0 Å². The number of fused-ring (bicyclic) bond motifs is 1. The van der Waals surface area contributed by atoms with Crippen LogP contribution in [-0.2, 0) is 0 Å². The van der Waals surface area contributed by atoms with Crippen LogP contribution in [0.15, 0.2) is 36.4 Å². The van der Waals surface area contributed by atoms with Gasteiger partial charge in [-0.05, 0) is 43.2 Å². The molecule has 0 unspecified atom stereocenters. The maximum Gasteiger partial charge on any atom is 0.321 e. The molecule has 1 saturated carbocycles. The van der Waals surface area contributed by atoms with Crippen molar-refractivity contribution in [2.24, 2.45) is 0 Å². The van der Waals surface area contributed by atoms with Gasteiger partial charge in [0, 0.05) is 37.8 Å². The van der Waals surface area contributed by atoms with Crippen molar-refractivity contribution in [2.75, 3.05) is 36.4 Å². The number of piperazine rings is 1. The fraction of sp³-hybridized carbons (Fsp3) is 0.368. The van der Waals surface area contributed by atoms with E-state index in [9.17, 15) is 9.18 Å². The lowest BCUT2D eigenvalue weighted by Crippen LogP contribution is -2.50. The van der Waals surface area contributed by atoms with E-state index in [1.807, 2.05) is 16.6 Å². The summed E-state index contributed by atoms with van der Waals surface area (Å²) in [6, 6.07) is 9.57. The standard InChI is InChI=1S/C19H20FN7O/c20-14-2-1-3-15(12-14)21-19(28)26-10-8-25(9-11-26)17-7-6-16-22-23-18(13-4-5-13)27(16)24-17/h1-3,6-7,12-13H,4-5,8-11H2,(H,21,28). The van der Waals surface area contributed by atoms with Crippen LogP contribution < -0.4 is 10.2 Å². The van der Waals surface area contributed by atoms with Crippen molar-refractivity contribution in [3.63, 3.8) is 0 Å². The molecule has 2 aromatic heterocycles. The third-order valence-corrected chi connectivity index (χ3v) is 5.18. The van der Waals surface area contributed by atoms with Gasteiger partial charge in [0.25, 0.3) is 0 Å². The van der Waals surface area contributed by atoms with Crippen molar-refractivity contribution in [1.29, 1.82) is 0 Å². The van der Waals surface area contributed by atoms with Crippen molar-refractivity contribution >= 4 is 23.2 Å². The van der Waals surface area contributed by atoms with Crippen LogP contribution in [0.4, 0.5) is 20.7 Å².